The molecule has 0 aromatic heterocycles. The van der Waals surface area contributed by atoms with Crippen molar-refractivity contribution < 1.29 is 23.4 Å². The molecule has 0 radical (unpaired) electrons. The summed E-state index contributed by atoms with van der Waals surface area (Å²) < 4.78 is 25.2. The monoisotopic (exact) mass is 245 g/mol. The van der Waals surface area contributed by atoms with Gasteiger partial charge in [0.25, 0.3) is 0 Å². The van der Waals surface area contributed by atoms with Crippen LogP contribution in [0.4, 0.5) is 0 Å². The van der Waals surface area contributed by atoms with Crippen LogP contribution in [0.2, 0.25) is 0 Å². The van der Waals surface area contributed by atoms with Gasteiger partial charge in [0.2, 0.25) is 10.0 Å². The van der Waals surface area contributed by atoms with Crippen LogP contribution >= 0.6 is 0 Å². The van der Waals surface area contributed by atoms with Crippen molar-refractivity contribution >= 4 is 16.0 Å². The van der Waals surface area contributed by atoms with Crippen LogP contribution in [0.15, 0.2) is 29.2 Å². The van der Waals surface area contributed by atoms with Gasteiger partial charge in [-0.05, 0) is 24.3 Å². The maximum atomic E-state index is 11.5. The Hall–Kier alpha value is -1.44. The first-order chi connectivity index (χ1) is 7.47. The molecule has 0 atom stereocenters. The Morgan fingerprint density at radius 1 is 1.25 bits per heavy atom. The fourth-order valence-corrected chi connectivity index (χ4v) is 2.06. The summed E-state index contributed by atoms with van der Waals surface area (Å²) in [5.74, 6) is -1.12. The summed E-state index contributed by atoms with van der Waals surface area (Å²) in [7, 11) is -3.67. The van der Waals surface area contributed by atoms with Crippen LogP contribution in [0.1, 0.15) is 10.4 Å². The maximum Gasteiger partial charge on any atom is 0.335 e. The van der Waals surface area contributed by atoms with Gasteiger partial charge in [0.15, 0.2) is 0 Å². The number of carboxylic acid groups (broad SMARTS) is 1. The van der Waals surface area contributed by atoms with Gasteiger partial charge in [-0.15, -0.1) is 0 Å². The van der Waals surface area contributed by atoms with Crippen molar-refractivity contribution in [2.24, 2.45) is 0 Å². The largest absolute Gasteiger partial charge is 0.478 e. The molecule has 0 aliphatic heterocycles. The number of hydrogen-bond acceptors (Lipinski definition) is 4. The van der Waals surface area contributed by atoms with Gasteiger partial charge >= 0.3 is 5.97 Å². The van der Waals surface area contributed by atoms with E-state index < -0.39 is 16.0 Å². The van der Waals surface area contributed by atoms with E-state index in [2.05, 4.69) is 4.72 Å². The molecule has 0 aliphatic carbocycles. The van der Waals surface area contributed by atoms with Crippen LogP contribution in [0, 0.1) is 0 Å². The lowest BCUT2D eigenvalue weighted by atomic mass is 10.2. The molecule has 0 heterocycles. The molecule has 1 aromatic carbocycles. The number of benzene rings is 1. The molecule has 0 amide bonds. The lowest BCUT2D eigenvalue weighted by Crippen LogP contribution is -2.26. The van der Waals surface area contributed by atoms with E-state index in [0.717, 1.165) is 0 Å². The standard InChI is InChI=1S/C9H11NO5S/c11-6-5-10-16(14,15)8-3-1-7(2-4-8)9(12)13/h1-4,10-11H,5-6H2,(H,12,13). The van der Waals surface area contributed by atoms with Crippen LogP contribution in [-0.4, -0.2) is 37.8 Å². The van der Waals surface area contributed by atoms with Gasteiger partial charge in [-0.25, -0.2) is 17.9 Å². The number of carboxylic acids is 1. The number of aromatic carboxylic acids is 1. The highest BCUT2D eigenvalue weighted by Gasteiger charge is 2.13. The minimum atomic E-state index is -3.67. The van der Waals surface area contributed by atoms with Crippen LogP contribution in [-0.2, 0) is 10.0 Å². The van der Waals surface area contributed by atoms with E-state index in [1.54, 1.807) is 0 Å². The third kappa shape index (κ3) is 3.02. The predicted molar refractivity (Wildman–Crippen MR) is 55.7 cm³/mol. The van der Waals surface area contributed by atoms with Gasteiger partial charge in [0.05, 0.1) is 17.1 Å². The molecule has 88 valence electrons. The van der Waals surface area contributed by atoms with Crippen LogP contribution in [0.5, 0.6) is 0 Å². The van der Waals surface area contributed by atoms with Crippen LogP contribution < -0.4 is 4.72 Å². The highest BCUT2D eigenvalue weighted by atomic mass is 32.2. The van der Waals surface area contributed by atoms with E-state index in [-0.39, 0.29) is 23.6 Å². The predicted octanol–water partition coefficient (Wildman–Crippen LogP) is -0.345. The second-order valence-corrected chi connectivity index (χ2v) is 4.72. The zero-order chi connectivity index (χ0) is 12.2. The highest BCUT2D eigenvalue weighted by Crippen LogP contribution is 2.10. The Morgan fingerprint density at radius 2 is 1.81 bits per heavy atom. The Morgan fingerprint density at radius 3 is 2.25 bits per heavy atom. The lowest BCUT2D eigenvalue weighted by molar-refractivity contribution is 0.0696. The Labute approximate surface area is 92.6 Å². The summed E-state index contributed by atoms with van der Waals surface area (Å²) >= 11 is 0. The number of hydrogen-bond donors (Lipinski definition) is 3. The molecule has 0 fully saturated rings. The molecule has 0 spiro atoms. The fraction of sp³-hybridized carbons (Fsp3) is 0.222. The van der Waals surface area contributed by atoms with Crippen molar-refractivity contribution in [1.29, 1.82) is 0 Å². The Kier molecular flexibility index (Phi) is 3.99. The zero-order valence-corrected chi connectivity index (χ0v) is 9.07. The fourth-order valence-electron chi connectivity index (χ4n) is 1.04. The molecular weight excluding hydrogens is 234 g/mol. The molecule has 1 rings (SSSR count). The number of rotatable bonds is 5. The molecule has 0 unspecified atom stereocenters. The first-order valence-electron chi connectivity index (χ1n) is 4.41. The van der Waals surface area contributed by atoms with Gasteiger partial charge in [-0.1, -0.05) is 0 Å². The third-order valence-electron chi connectivity index (χ3n) is 1.82. The van der Waals surface area contributed by atoms with Crippen molar-refractivity contribution in [2.75, 3.05) is 13.2 Å². The van der Waals surface area contributed by atoms with Crippen molar-refractivity contribution in [3.05, 3.63) is 29.8 Å². The van der Waals surface area contributed by atoms with Gasteiger partial charge in [-0.2, -0.15) is 0 Å². The molecule has 3 N–H and O–H groups in total. The van der Waals surface area contributed by atoms with E-state index in [9.17, 15) is 13.2 Å². The first kappa shape index (κ1) is 12.6. The molecule has 6 nitrogen and oxygen atoms in total. The lowest BCUT2D eigenvalue weighted by Gasteiger charge is -2.05. The van der Waals surface area contributed by atoms with E-state index in [1.165, 1.54) is 24.3 Å². The summed E-state index contributed by atoms with van der Waals surface area (Å²) in [6, 6.07) is 4.80. The number of sulfonamides is 1. The third-order valence-corrected chi connectivity index (χ3v) is 3.29. The average molecular weight is 245 g/mol. The van der Waals surface area contributed by atoms with Crippen molar-refractivity contribution in [1.82, 2.24) is 4.72 Å². The number of carbonyl (C=O) groups is 1. The summed E-state index contributed by atoms with van der Waals surface area (Å²) in [5.41, 5.74) is 0.0149. The molecule has 0 saturated heterocycles. The normalized spacial score (nSPS) is 11.3. The van der Waals surface area contributed by atoms with Crippen molar-refractivity contribution in [3.8, 4) is 0 Å². The molecule has 1 aromatic rings. The minimum Gasteiger partial charge on any atom is -0.478 e. The smallest absolute Gasteiger partial charge is 0.335 e. The molecule has 0 aliphatic rings. The highest BCUT2D eigenvalue weighted by molar-refractivity contribution is 7.89. The average Bonchev–Trinajstić information content (AvgIpc) is 2.26. The topological polar surface area (TPSA) is 104 Å². The van der Waals surface area contributed by atoms with Gasteiger partial charge in [0.1, 0.15) is 0 Å². The molecule has 16 heavy (non-hydrogen) atoms. The molecule has 0 bridgehead atoms. The Balaban J connectivity index is 2.93. The Bertz CT molecular complexity index is 465. The van der Waals surface area contributed by atoms with Crippen molar-refractivity contribution in [2.45, 2.75) is 4.90 Å². The van der Waals surface area contributed by atoms with Gasteiger partial charge in [0, 0.05) is 6.54 Å². The summed E-state index contributed by atoms with van der Waals surface area (Å²) in [6.45, 7) is -0.380. The molecule has 7 heteroatoms. The summed E-state index contributed by atoms with van der Waals surface area (Å²) in [5, 5.41) is 17.1. The quantitative estimate of drug-likeness (QED) is 0.658. The number of aliphatic hydroxyl groups is 1. The second-order valence-electron chi connectivity index (χ2n) is 2.95. The minimum absolute atomic E-state index is 0.0149. The number of nitrogens with one attached hydrogen (secondary N) is 1. The van der Waals surface area contributed by atoms with Gasteiger partial charge < -0.3 is 10.2 Å². The first-order valence-corrected chi connectivity index (χ1v) is 5.89. The molecule has 0 saturated carbocycles. The van der Waals surface area contributed by atoms with E-state index in [1.807, 2.05) is 0 Å². The van der Waals surface area contributed by atoms with Gasteiger partial charge in [-0.3, -0.25) is 0 Å². The van der Waals surface area contributed by atoms with Crippen molar-refractivity contribution in [3.63, 3.8) is 0 Å². The maximum absolute atomic E-state index is 11.5. The van der Waals surface area contributed by atoms with E-state index in [0.29, 0.717) is 0 Å². The molecular formula is C9H11NO5S. The van der Waals surface area contributed by atoms with E-state index in [4.69, 9.17) is 10.2 Å². The SMILES string of the molecule is O=C(O)c1ccc(S(=O)(=O)NCCO)cc1. The van der Waals surface area contributed by atoms with E-state index >= 15 is 0 Å². The second kappa shape index (κ2) is 5.06. The zero-order valence-electron chi connectivity index (χ0n) is 8.25. The summed E-state index contributed by atoms with van der Waals surface area (Å²) in [4.78, 5) is 10.5. The van der Waals surface area contributed by atoms with Crippen LogP contribution in [0.3, 0.4) is 0 Å². The van der Waals surface area contributed by atoms with Crippen LogP contribution in [0.25, 0.3) is 0 Å². The summed E-state index contributed by atoms with van der Waals surface area (Å²) in [6.07, 6.45) is 0. The number of aliphatic hydroxyl groups excluding tert-OH is 1.